The highest BCUT2D eigenvalue weighted by Crippen LogP contribution is 2.10. The van der Waals surface area contributed by atoms with Gasteiger partial charge >= 0.3 is 0 Å². The van der Waals surface area contributed by atoms with Crippen molar-refractivity contribution in [2.24, 2.45) is 5.73 Å². The number of rotatable bonds is 3. The number of hydrogen-bond acceptors (Lipinski definition) is 2. The topological polar surface area (TPSA) is 43.1 Å². The predicted molar refractivity (Wildman–Crippen MR) is 45.6 cm³/mol. The van der Waals surface area contributed by atoms with Gasteiger partial charge in [0.2, 0.25) is 0 Å². The lowest BCUT2D eigenvalue weighted by atomic mass is 10.3. The van der Waals surface area contributed by atoms with Crippen LogP contribution in [0.5, 0.6) is 0 Å². The molecule has 11 heavy (non-hydrogen) atoms. The van der Waals surface area contributed by atoms with Crippen LogP contribution < -0.4 is 5.73 Å². The first kappa shape index (κ1) is 10.1. The molecule has 0 bridgehead atoms. The van der Waals surface area contributed by atoms with E-state index in [0.717, 1.165) is 0 Å². The second-order valence-corrected chi connectivity index (χ2v) is 2.57. The summed E-state index contributed by atoms with van der Waals surface area (Å²) in [7, 11) is 0. The molecule has 0 atom stereocenters. The van der Waals surface area contributed by atoms with E-state index in [9.17, 15) is 9.18 Å². The highest BCUT2D eigenvalue weighted by molar-refractivity contribution is 9.11. The Morgan fingerprint density at radius 1 is 1.64 bits per heavy atom. The lowest BCUT2D eigenvalue weighted by Crippen LogP contribution is -1.95. The molecule has 4 heteroatoms. The van der Waals surface area contributed by atoms with Gasteiger partial charge in [0.25, 0.3) is 0 Å². The molecule has 0 aromatic carbocycles. The highest BCUT2D eigenvalue weighted by atomic mass is 79.9. The monoisotopic (exact) mass is 219 g/mol. The van der Waals surface area contributed by atoms with E-state index in [2.05, 4.69) is 22.5 Å². The van der Waals surface area contributed by atoms with Gasteiger partial charge in [0.05, 0.1) is 5.57 Å². The fourth-order valence-electron chi connectivity index (χ4n) is 0.367. The summed E-state index contributed by atoms with van der Waals surface area (Å²) in [4.78, 5) is 10.1. The number of carbonyl (C=O) groups excluding carboxylic acids is 1. The second-order valence-electron chi connectivity index (χ2n) is 1.65. The Morgan fingerprint density at radius 3 is 2.45 bits per heavy atom. The van der Waals surface area contributed by atoms with E-state index in [-0.39, 0.29) is 5.57 Å². The highest BCUT2D eigenvalue weighted by Gasteiger charge is 1.97. The largest absolute Gasteiger partial charge is 0.375 e. The van der Waals surface area contributed by atoms with Gasteiger partial charge in [-0.05, 0) is 6.08 Å². The van der Waals surface area contributed by atoms with Crippen molar-refractivity contribution in [1.29, 1.82) is 0 Å². The molecule has 0 saturated carbocycles. The number of nitrogens with two attached hydrogens (primary N) is 1. The zero-order chi connectivity index (χ0) is 8.85. The van der Waals surface area contributed by atoms with Crippen LogP contribution in [0.1, 0.15) is 0 Å². The number of hydrogen-bond donors (Lipinski definition) is 1. The van der Waals surface area contributed by atoms with Gasteiger partial charge in [-0.2, -0.15) is 4.39 Å². The maximum atomic E-state index is 12.2. The van der Waals surface area contributed by atoms with E-state index in [1.165, 1.54) is 12.2 Å². The van der Waals surface area contributed by atoms with Crippen LogP contribution in [-0.4, -0.2) is 6.29 Å². The Kier molecular flexibility index (Phi) is 4.45. The van der Waals surface area contributed by atoms with E-state index in [0.29, 0.717) is 10.8 Å². The molecule has 0 aromatic rings. The number of aldehydes is 1. The second kappa shape index (κ2) is 4.85. The van der Waals surface area contributed by atoms with Gasteiger partial charge in [0, 0.05) is 4.48 Å². The van der Waals surface area contributed by atoms with Crippen LogP contribution >= 0.6 is 15.9 Å². The minimum atomic E-state index is -1.00. The van der Waals surface area contributed by atoms with Crippen LogP contribution in [0, 0.1) is 0 Å². The van der Waals surface area contributed by atoms with Crippen molar-refractivity contribution < 1.29 is 9.18 Å². The molecule has 0 heterocycles. The summed E-state index contributed by atoms with van der Waals surface area (Å²) in [5.41, 5.74) is 4.53. The molecule has 0 saturated heterocycles. The van der Waals surface area contributed by atoms with Crippen molar-refractivity contribution in [3.63, 3.8) is 0 Å². The van der Waals surface area contributed by atoms with Crippen LogP contribution in [0.2, 0.25) is 0 Å². The smallest absolute Gasteiger partial charge is 0.195 e. The van der Waals surface area contributed by atoms with Gasteiger partial charge in [-0.15, -0.1) is 0 Å². The van der Waals surface area contributed by atoms with Crippen molar-refractivity contribution in [3.05, 3.63) is 34.7 Å². The lowest BCUT2D eigenvalue weighted by Gasteiger charge is -1.91. The summed E-state index contributed by atoms with van der Waals surface area (Å²) in [6.45, 7) is 3.39. The van der Waals surface area contributed by atoms with Crippen LogP contribution in [0.3, 0.4) is 0 Å². The number of halogens is 2. The Hall–Kier alpha value is -0.900. The first-order valence-electron chi connectivity index (χ1n) is 2.72. The fraction of sp³-hybridized carbons (Fsp3) is 0. The summed E-state index contributed by atoms with van der Waals surface area (Å²) in [6.07, 6.45) is 3.00. The summed E-state index contributed by atoms with van der Waals surface area (Å²) in [6, 6.07) is 0. The maximum Gasteiger partial charge on any atom is 0.195 e. The van der Waals surface area contributed by atoms with E-state index in [1.54, 1.807) is 0 Å². The molecule has 0 radical (unpaired) electrons. The Morgan fingerprint density at radius 2 is 2.18 bits per heavy atom. The predicted octanol–water partition coefficient (Wildman–Crippen LogP) is 1.79. The van der Waals surface area contributed by atoms with Crippen molar-refractivity contribution in [2.45, 2.75) is 0 Å². The van der Waals surface area contributed by atoms with E-state index >= 15 is 0 Å². The first-order chi connectivity index (χ1) is 5.11. The standard InChI is InChI=1S/C7H7BrFNO/c1-2-6(8)3-5(4-11)7(9)10/h2-4H,1,10H2/b6-3+,7-5+. The third kappa shape index (κ3) is 3.72. The van der Waals surface area contributed by atoms with Crippen molar-refractivity contribution in [3.8, 4) is 0 Å². The Bertz CT molecular complexity index is 229. The Balaban J connectivity index is 4.71. The summed E-state index contributed by atoms with van der Waals surface area (Å²) in [5, 5.41) is 0. The summed E-state index contributed by atoms with van der Waals surface area (Å²) >= 11 is 3.01. The van der Waals surface area contributed by atoms with Gasteiger partial charge < -0.3 is 5.73 Å². The molecule has 60 valence electrons. The van der Waals surface area contributed by atoms with E-state index in [1.807, 2.05) is 0 Å². The normalized spacial score (nSPS) is 13.8. The van der Waals surface area contributed by atoms with Crippen LogP contribution in [-0.2, 0) is 4.79 Å². The number of allylic oxidation sites excluding steroid dienone is 4. The van der Waals surface area contributed by atoms with Crippen molar-refractivity contribution >= 4 is 22.2 Å². The average Bonchev–Trinajstić information content (AvgIpc) is 1.99. The molecule has 0 aliphatic heterocycles. The van der Waals surface area contributed by atoms with Crippen LogP contribution in [0.15, 0.2) is 34.7 Å². The zero-order valence-corrected chi connectivity index (χ0v) is 7.27. The van der Waals surface area contributed by atoms with Crippen molar-refractivity contribution in [2.75, 3.05) is 0 Å². The molecule has 0 rings (SSSR count). The molecule has 2 nitrogen and oxygen atoms in total. The van der Waals surface area contributed by atoms with Crippen molar-refractivity contribution in [1.82, 2.24) is 0 Å². The van der Waals surface area contributed by atoms with Gasteiger partial charge in [0.15, 0.2) is 12.2 Å². The summed E-state index contributed by atoms with van der Waals surface area (Å²) in [5.74, 6) is -1.00. The van der Waals surface area contributed by atoms with Crippen LogP contribution in [0.25, 0.3) is 0 Å². The molecule has 0 fully saturated rings. The van der Waals surface area contributed by atoms with Gasteiger partial charge in [-0.1, -0.05) is 28.6 Å². The molecular weight excluding hydrogens is 213 g/mol. The zero-order valence-electron chi connectivity index (χ0n) is 5.68. The Labute approximate surface area is 72.4 Å². The average molecular weight is 220 g/mol. The molecule has 0 spiro atoms. The van der Waals surface area contributed by atoms with Gasteiger partial charge in [0.1, 0.15) is 0 Å². The molecular formula is C7H7BrFNO. The first-order valence-corrected chi connectivity index (χ1v) is 3.51. The molecule has 0 aliphatic rings. The molecule has 0 aromatic heterocycles. The maximum absolute atomic E-state index is 12.2. The SMILES string of the molecule is C=C/C(Br)=C\C(C=O)=C(/N)F. The third-order valence-electron chi connectivity index (χ3n) is 0.891. The lowest BCUT2D eigenvalue weighted by molar-refractivity contribution is -0.104. The molecule has 0 amide bonds. The summed E-state index contributed by atoms with van der Waals surface area (Å²) < 4.78 is 12.7. The van der Waals surface area contributed by atoms with E-state index < -0.39 is 5.95 Å². The fourth-order valence-corrected chi connectivity index (χ4v) is 0.613. The third-order valence-corrected chi connectivity index (χ3v) is 1.44. The molecule has 2 N–H and O–H groups in total. The minimum absolute atomic E-state index is 0.197. The van der Waals surface area contributed by atoms with Gasteiger partial charge in [-0.25, -0.2) is 0 Å². The van der Waals surface area contributed by atoms with Gasteiger partial charge in [-0.3, -0.25) is 4.79 Å². The minimum Gasteiger partial charge on any atom is -0.375 e. The molecule has 0 unspecified atom stereocenters. The van der Waals surface area contributed by atoms with Crippen LogP contribution in [0.4, 0.5) is 4.39 Å². The number of carbonyl (C=O) groups is 1. The quantitative estimate of drug-likeness (QED) is 0.341. The van der Waals surface area contributed by atoms with E-state index in [4.69, 9.17) is 5.73 Å². The molecule has 0 aliphatic carbocycles.